The summed E-state index contributed by atoms with van der Waals surface area (Å²) in [6.45, 7) is 32.9. The van der Waals surface area contributed by atoms with E-state index in [0.717, 1.165) is 66.8 Å². The molecule has 127 heavy (non-hydrogen) atoms. The van der Waals surface area contributed by atoms with Gasteiger partial charge in [0, 0.05) is 152 Å². The van der Waals surface area contributed by atoms with Crippen LogP contribution in [0.25, 0.3) is 50.4 Å². The molecular weight excluding hydrogens is 1630 g/mol. The molecule has 1 saturated heterocycles. The molecule has 1 fully saturated rings. The number of aliphatic imine (C=N–C) groups is 3. The molecule has 11 heterocycles. The standard InChI is InChI=1S/C96H123N11O20/c1-21-60-53(3)68-45-69-56(6)63(75(99-69)48-74-62(25-30-78(108)109)55(5)71(100-74)47-73-61(22-2)54(4)70(98-73)46-72(60)97-68)26-31-83(114)126-38-23-24-59-52-107(106-105-59)37-39-124-40-41-125-42-43-127-86(117)50-94(12)64(27-32-79(110)118-15)76-49-77-92(9,10)65(28-33-80(111)119-16)87(102-77)57(7)89-93(11,36-35-82(113)121-18)67(44-84(115)122-19)91(103-89)96(14)95(13,51-85(116)123-20)66(29-34-81(112)120-17)88(104-96)58(8)90(94)101-76/h21-22,45-49,52,64-67,91,97,100,103H,1-2,23-44,50-51H2,3-20H3,(H,108,109)/b68-45?,69-45?,70-46?,71-47?,72-46?,73-47?,74-48?,75-48?,77-49-,89-57-,90-58-/t64-,65-,66-,67+,91?,93-,94+,95+,96+/m1/s1. The molecule has 9 atom stereocenters. The van der Waals surface area contributed by atoms with Crippen LogP contribution in [0.1, 0.15) is 216 Å². The number of aromatic nitrogens is 7. The lowest BCUT2D eigenvalue weighted by Crippen LogP contribution is -2.58. The van der Waals surface area contributed by atoms with Crippen molar-refractivity contribution in [3.63, 3.8) is 0 Å². The monoisotopic (exact) mass is 1750 g/mol. The molecule has 0 amide bonds. The topological polar surface area (TPSA) is 403 Å². The van der Waals surface area contributed by atoms with Gasteiger partial charge in [0.15, 0.2) is 0 Å². The minimum absolute atomic E-state index is 0.0128. The third-order valence-electron chi connectivity index (χ3n) is 27.6. The van der Waals surface area contributed by atoms with Gasteiger partial charge in [0.1, 0.15) is 6.61 Å². The molecule has 0 spiro atoms. The average Bonchev–Trinajstić information content (AvgIpc) is 1.52. The Balaban J connectivity index is 0.762. The molecule has 31 heteroatoms. The van der Waals surface area contributed by atoms with Gasteiger partial charge in [0.2, 0.25) is 0 Å². The molecular formula is C96H123N11O20. The van der Waals surface area contributed by atoms with E-state index in [1.807, 2.05) is 126 Å². The van der Waals surface area contributed by atoms with Gasteiger partial charge in [-0.3, -0.25) is 58.1 Å². The Labute approximate surface area is 741 Å². The number of carbonyl (C=O) groups is 9. The smallest absolute Gasteiger partial charge is 0.306 e. The molecule has 11 rings (SSSR count). The van der Waals surface area contributed by atoms with Crippen molar-refractivity contribution in [1.29, 1.82) is 0 Å². The number of ether oxygens (including phenoxy) is 10. The minimum atomic E-state index is -1.42. The number of carbonyl (C=O) groups excluding carboxylic acids is 8. The zero-order chi connectivity index (χ0) is 92.4. The number of methoxy groups -OCH3 is 6. The number of nitrogens with one attached hydrogen (secondary N) is 3. The Kier molecular flexibility index (Phi) is 30.7. The lowest BCUT2D eigenvalue weighted by atomic mass is 9.56. The first-order chi connectivity index (χ1) is 60.4. The third kappa shape index (κ3) is 20.2. The van der Waals surface area contributed by atoms with Gasteiger partial charge in [0.05, 0.1) is 147 Å². The highest BCUT2D eigenvalue weighted by Crippen LogP contribution is 2.63. The first-order valence-corrected chi connectivity index (χ1v) is 43.5. The summed E-state index contributed by atoms with van der Waals surface area (Å²) >= 11 is 0. The second-order valence-corrected chi connectivity index (χ2v) is 35.2. The van der Waals surface area contributed by atoms with Crippen LogP contribution in [0, 0.1) is 59.2 Å². The summed E-state index contributed by atoms with van der Waals surface area (Å²) in [5, 5.41) is 22.4. The maximum absolute atomic E-state index is 14.9. The zero-order valence-corrected chi connectivity index (χ0v) is 76.7. The Morgan fingerprint density at radius 3 is 1.77 bits per heavy atom. The molecule has 7 aliphatic rings. The van der Waals surface area contributed by atoms with E-state index in [2.05, 4.69) is 38.8 Å². The highest BCUT2D eigenvalue weighted by Gasteiger charge is 2.67. The lowest BCUT2D eigenvalue weighted by Gasteiger charge is -2.48. The summed E-state index contributed by atoms with van der Waals surface area (Å²) in [5.74, 6) is -7.62. The lowest BCUT2D eigenvalue weighted by molar-refractivity contribution is -0.148. The SMILES string of the molecule is C=CC1=C(C)c2cc3[nH]c(cc4nc(cc5[nH]c(cc1n2)c(C)c5CCC(=O)O)C(CCC(=O)OCCCc1cn(CCOCCOCCOC(=O)C[C@]2(C)/C5=C(\C)C6=N[C@@](C)(C7N/C(=C(/C)C8=N/C(=C\C(=N5)[C@H]2CCC(=O)OC)C(C)(C)[C@@H]8CCC(=O)OC)[C@](C)(CCC(=O)OC)[C@H]7CC(=O)OC)[C@@](C)(CC(=O)OC)[C@@H]6CCC(=O)OC)nn1)=C4C)c(C)c3C=C. The third-order valence-corrected chi connectivity index (χ3v) is 27.6. The van der Waals surface area contributed by atoms with Crippen molar-refractivity contribution >= 4 is 121 Å². The molecule has 0 radical (unpaired) electrons. The van der Waals surface area contributed by atoms with Crippen LogP contribution in [0.15, 0.2) is 99.0 Å². The van der Waals surface area contributed by atoms with Gasteiger partial charge in [-0.05, 0) is 175 Å². The molecule has 0 saturated carbocycles. The number of allylic oxidation sites excluding steroid dienone is 11. The number of hydrogen-bond acceptors (Lipinski definition) is 27. The summed E-state index contributed by atoms with van der Waals surface area (Å²) in [6.07, 6.45) is 8.68. The van der Waals surface area contributed by atoms with Crippen molar-refractivity contribution in [2.24, 2.45) is 60.3 Å². The number of aryl methyl sites for hydroxylation is 4. The van der Waals surface area contributed by atoms with E-state index in [4.69, 9.17) is 72.3 Å². The van der Waals surface area contributed by atoms with Crippen LogP contribution < -0.4 is 5.32 Å². The summed E-state index contributed by atoms with van der Waals surface area (Å²) in [4.78, 5) is 157. The van der Waals surface area contributed by atoms with Crippen LogP contribution in [0.4, 0.5) is 0 Å². The Morgan fingerprint density at radius 2 is 1.12 bits per heavy atom. The summed E-state index contributed by atoms with van der Waals surface area (Å²) in [6, 6.07) is 7.08. The Bertz CT molecular complexity index is 5470. The van der Waals surface area contributed by atoms with E-state index in [1.54, 1.807) is 10.8 Å². The number of aromatic amines is 2. The van der Waals surface area contributed by atoms with E-state index in [-0.39, 0.29) is 136 Å². The fourth-order valence-electron chi connectivity index (χ4n) is 19.9. The zero-order valence-electron chi connectivity index (χ0n) is 76.7. The summed E-state index contributed by atoms with van der Waals surface area (Å²) in [7, 11) is 7.84. The predicted molar refractivity (Wildman–Crippen MR) is 479 cm³/mol. The van der Waals surface area contributed by atoms with Crippen molar-refractivity contribution < 1.29 is 95.6 Å². The first kappa shape index (κ1) is 96.0. The molecule has 0 aromatic carbocycles. The van der Waals surface area contributed by atoms with Crippen LogP contribution in [0.5, 0.6) is 0 Å². The number of nitrogens with zero attached hydrogens (tertiary/aromatic N) is 8. The Morgan fingerprint density at radius 1 is 0.535 bits per heavy atom. The second kappa shape index (κ2) is 40.6. The quantitative estimate of drug-likeness (QED) is 0.0183. The number of aliphatic carboxylic acids is 1. The Hall–Kier alpha value is -11.6. The van der Waals surface area contributed by atoms with Gasteiger partial charge in [-0.15, -0.1) is 5.10 Å². The van der Waals surface area contributed by atoms with Crippen LogP contribution in [-0.4, -0.2) is 205 Å². The van der Waals surface area contributed by atoms with E-state index < -0.39 is 105 Å². The van der Waals surface area contributed by atoms with Gasteiger partial charge in [0.25, 0.3) is 0 Å². The molecule has 682 valence electrons. The van der Waals surface area contributed by atoms with Crippen LogP contribution >= 0.6 is 0 Å². The van der Waals surface area contributed by atoms with Crippen molar-refractivity contribution in [2.45, 2.75) is 210 Å². The van der Waals surface area contributed by atoms with Crippen LogP contribution in [0.2, 0.25) is 0 Å². The molecule has 4 aromatic rings. The first-order valence-electron chi connectivity index (χ1n) is 43.5. The van der Waals surface area contributed by atoms with Crippen molar-refractivity contribution in [3.05, 3.63) is 135 Å². The van der Waals surface area contributed by atoms with Crippen molar-refractivity contribution in [2.75, 3.05) is 82.3 Å². The fraction of sp³-hybridized carbons (Fsp3) is 0.542. The van der Waals surface area contributed by atoms with Gasteiger partial charge in [-0.1, -0.05) is 65.1 Å². The molecule has 0 aliphatic carbocycles. The van der Waals surface area contributed by atoms with Crippen molar-refractivity contribution in [1.82, 2.24) is 40.2 Å². The average molecular weight is 1750 g/mol. The number of esters is 8. The van der Waals surface area contributed by atoms with Gasteiger partial charge in [-0.2, -0.15) is 0 Å². The maximum atomic E-state index is 14.9. The molecule has 4 aromatic heterocycles. The summed E-state index contributed by atoms with van der Waals surface area (Å²) in [5.41, 5.74) is 12.5. The van der Waals surface area contributed by atoms with Gasteiger partial charge < -0.3 is 67.8 Å². The van der Waals surface area contributed by atoms with Gasteiger partial charge >= 0.3 is 53.7 Å². The van der Waals surface area contributed by atoms with E-state index in [0.29, 0.717) is 99.5 Å². The summed E-state index contributed by atoms with van der Waals surface area (Å²) < 4.78 is 57.4. The van der Waals surface area contributed by atoms with E-state index >= 15 is 0 Å². The number of carboxylic acids is 1. The van der Waals surface area contributed by atoms with E-state index in [1.165, 1.54) is 42.7 Å². The highest BCUT2D eigenvalue weighted by molar-refractivity contribution is 6.10. The predicted octanol–water partition coefficient (Wildman–Crippen LogP) is 14.1. The molecule has 4 N–H and O–H groups in total. The maximum Gasteiger partial charge on any atom is 0.306 e. The molecule has 16 bridgehead atoms. The van der Waals surface area contributed by atoms with E-state index in [9.17, 15) is 48.3 Å². The number of fused-ring (bicyclic) bond motifs is 14. The van der Waals surface area contributed by atoms with Crippen LogP contribution in [-0.2, 0) is 110 Å². The normalized spacial score (nSPS) is 24.3. The minimum Gasteiger partial charge on any atom is -0.481 e. The van der Waals surface area contributed by atoms with Crippen molar-refractivity contribution in [3.8, 4) is 0 Å². The highest BCUT2D eigenvalue weighted by atomic mass is 16.6. The number of rotatable bonds is 39. The fourth-order valence-corrected chi connectivity index (χ4v) is 19.9. The molecule has 7 aliphatic heterocycles. The van der Waals surface area contributed by atoms with Gasteiger partial charge in [-0.25, -0.2) is 14.6 Å². The molecule has 1 unspecified atom stereocenters. The number of H-pyrrole nitrogens is 2. The molecule has 31 nitrogen and oxygen atoms in total. The van der Waals surface area contributed by atoms with Crippen LogP contribution in [0.3, 0.4) is 0 Å². The number of carboxylic acid groups (broad SMARTS) is 1. The largest absolute Gasteiger partial charge is 0.481 e. The second-order valence-electron chi connectivity index (χ2n) is 35.2. The number of hydrogen-bond donors (Lipinski definition) is 4.